The molecule has 0 saturated heterocycles. The molecule has 0 spiro atoms. The van der Waals surface area contributed by atoms with E-state index >= 15 is 0 Å². The molecule has 0 amide bonds. The SMILES string of the molecule is CC1/C2=C\C3=C(C\C=C/C=C1/C1=C/C/C=C(c4c(Cc5ccccc5)cccc4-c4ccccc4)\C=C/CC=C12)CC1c2ccc(-c4c(-c5ccccc5)cccc4-c4ccccc4)cc2-c2cccc3c21. The van der Waals surface area contributed by atoms with E-state index in [9.17, 15) is 0 Å². The van der Waals surface area contributed by atoms with Crippen LogP contribution in [0.25, 0.3) is 66.8 Å². The number of benzene rings is 8. The van der Waals surface area contributed by atoms with Crippen LogP contribution in [-0.4, -0.2) is 0 Å². The summed E-state index contributed by atoms with van der Waals surface area (Å²) in [5.74, 6) is 0.592. The molecular formula is C72H56. The van der Waals surface area contributed by atoms with E-state index in [-0.39, 0.29) is 5.92 Å². The van der Waals surface area contributed by atoms with Crippen LogP contribution in [0, 0.1) is 5.92 Å². The van der Waals surface area contributed by atoms with Crippen molar-refractivity contribution in [3.8, 4) is 55.6 Å². The van der Waals surface area contributed by atoms with Gasteiger partial charge in [-0.2, -0.15) is 0 Å². The van der Waals surface area contributed by atoms with E-state index in [4.69, 9.17) is 0 Å². The van der Waals surface area contributed by atoms with Gasteiger partial charge in [0, 0.05) is 11.8 Å². The normalized spacial score (nSPS) is 21.4. The van der Waals surface area contributed by atoms with Crippen LogP contribution >= 0.6 is 0 Å². The second-order valence-electron chi connectivity index (χ2n) is 20.0. The fourth-order valence-electron chi connectivity index (χ4n) is 12.6. The van der Waals surface area contributed by atoms with Crippen molar-refractivity contribution in [2.45, 2.75) is 44.9 Å². The standard InChI is InChI=1S/C72H56/c1-48-57-34-16-15-31-54-45-69-63-43-42-56(71-59(51-26-10-4-11-27-51)37-20-38-60(71)52-28-12-5-13-29-52)46-68(63)65-41-21-40-64(72(65)69)67(54)47-66(48)62-35-17-14-30-53(32-18-39-61(57)62)70-55(44-49-22-6-2-7-23-49)33-19-36-58(70)50-24-8-3-9-25-50/h2-16,19-30,32-43,46-48,69H,17-18,31,44-45H2,1H3/b16-15-,30-14-,53-32+,57-34+,61-39-,62-35?,66-47+. The second-order valence-corrected chi connectivity index (χ2v) is 20.0. The van der Waals surface area contributed by atoms with Crippen molar-refractivity contribution in [1.29, 1.82) is 0 Å². The number of rotatable bonds is 7. The van der Waals surface area contributed by atoms with Crippen LogP contribution < -0.4 is 0 Å². The molecule has 2 bridgehead atoms. The van der Waals surface area contributed by atoms with Crippen LogP contribution in [0.3, 0.4) is 0 Å². The van der Waals surface area contributed by atoms with Crippen molar-refractivity contribution < 1.29 is 0 Å². The molecule has 0 aromatic heterocycles. The molecule has 0 nitrogen and oxygen atoms in total. The highest BCUT2D eigenvalue weighted by atomic mass is 14.4. The molecule has 0 N–H and O–H groups in total. The Balaban J connectivity index is 0.885. The number of hydrogen-bond acceptors (Lipinski definition) is 0. The number of fused-ring (bicyclic) bond motifs is 9. The minimum atomic E-state index is 0.265. The quantitative estimate of drug-likeness (QED) is 0.149. The molecular weight excluding hydrogens is 865 g/mol. The van der Waals surface area contributed by atoms with Crippen molar-refractivity contribution in [2.24, 2.45) is 5.92 Å². The van der Waals surface area contributed by atoms with E-state index in [1.807, 2.05) is 0 Å². The Morgan fingerprint density at radius 1 is 0.472 bits per heavy atom. The summed E-state index contributed by atoms with van der Waals surface area (Å²) in [6.45, 7) is 2.43. The molecule has 2 atom stereocenters. The van der Waals surface area contributed by atoms with Gasteiger partial charge in [0.2, 0.25) is 0 Å². The van der Waals surface area contributed by atoms with Crippen LogP contribution in [0.15, 0.2) is 277 Å². The highest BCUT2D eigenvalue weighted by Crippen LogP contribution is 2.57. The van der Waals surface area contributed by atoms with Gasteiger partial charge in [0.1, 0.15) is 0 Å². The first-order valence-corrected chi connectivity index (χ1v) is 26.0. The molecule has 0 heterocycles. The molecule has 5 aliphatic rings. The molecule has 0 heteroatoms. The summed E-state index contributed by atoms with van der Waals surface area (Å²) in [6, 6.07) is 71.8. The third kappa shape index (κ3) is 7.80. The lowest BCUT2D eigenvalue weighted by Crippen LogP contribution is -2.10. The molecule has 0 aliphatic heterocycles. The minimum Gasteiger partial charge on any atom is -0.0804 e. The lowest BCUT2D eigenvalue weighted by atomic mass is 9.76. The van der Waals surface area contributed by atoms with Crippen molar-refractivity contribution >= 4 is 11.1 Å². The van der Waals surface area contributed by atoms with Crippen molar-refractivity contribution in [2.75, 3.05) is 0 Å². The van der Waals surface area contributed by atoms with E-state index in [0.717, 1.165) is 32.1 Å². The smallest absolute Gasteiger partial charge is 0.0145 e. The van der Waals surface area contributed by atoms with Crippen LogP contribution in [0.5, 0.6) is 0 Å². The predicted octanol–water partition coefficient (Wildman–Crippen LogP) is 19.0. The third-order valence-electron chi connectivity index (χ3n) is 15.9. The topological polar surface area (TPSA) is 0 Å². The average molecular weight is 921 g/mol. The lowest BCUT2D eigenvalue weighted by molar-refractivity contribution is 0.785. The Labute approximate surface area is 425 Å². The predicted molar refractivity (Wildman–Crippen MR) is 304 cm³/mol. The fraction of sp³-hybridized carbons (Fsp3) is 0.111. The largest absolute Gasteiger partial charge is 0.0804 e. The Morgan fingerprint density at radius 3 is 1.76 bits per heavy atom. The molecule has 1 saturated carbocycles. The van der Waals surface area contributed by atoms with Gasteiger partial charge in [0.25, 0.3) is 0 Å². The zero-order valence-corrected chi connectivity index (χ0v) is 40.9. The van der Waals surface area contributed by atoms with Crippen molar-refractivity contribution in [1.82, 2.24) is 0 Å². The van der Waals surface area contributed by atoms with Gasteiger partial charge in [-0.25, -0.2) is 0 Å². The van der Waals surface area contributed by atoms with E-state index in [1.54, 1.807) is 0 Å². The van der Waals surface area contributed by atoms with E-state index in [0.29, 0.717) is 5.92 Å². The Kier molecular flexibility index (Phi) is 11.4. The van der Waals surface area contributed by atoms with Crippen LogP contribution in [-0.2, 0) is 6.42 Å². The molecule has 2 unspecified atom stereocenters. The highest BCUT2D eigenvalue weighted by molar-refractivity contribution is 5.98. The summed E-state index contributed by atoms with van der Waals surface area (Å²) in [7, 11) is 0. The maximum Gasteiger partial charge on any atom is 0.0145 e. The lowest BCUT2D eigenvalue weighted by Gasteiger charge is -2.28. The zero-order valence-electron chi connectivity index (χ0n) is 40.9. The second kappa shape index (κ2) is 18.8. The summed E-state index contributed by atoms with van der Waals surface area (Å²) in [4.78, 5) is 0. The van der Waals surface area contributed by atoms with E-state index in [2.05, 4.69) is 256 Å². The first-order valence-electron chi connectivity index (χ1n) is 26.0. The number of hydrogen-bond donors (Lipinski definition) is 0. The van der Waals surface area contributed by atoms with Gasteiger partial charge in [0.15, 0.2) is 0 Å². The average Bonchev–Trinajstić information content (AvgIpc) is 3.87. The van der Waals surface area contributed by atoms with Gasteiger partial charge in [-0.05, 0) is 167 Å². The summed E-state index contributed by atoms with van der Waals surface area (Å²) >= 11 is 0. The maximum atomic E-state index is 2.62. The van der Waals surface area contributed by atoms with Gasteiger partial charge in [-0.15, -0.1) is 0 Å². The fourth-order valence-corrected chi connectivity index (χ4v) is 12.6. The van der Waals surface area contributed by atoms with Gasteiger partial charge in [-0.3, -0.25) is 0 Å². The first-order chi connectivity index (χ1) is 35.7. The Bertz CT molecular complexity index is 3620. The molecule has 8 aromatic carbocycles. The van der Waals surface area contributed by atoms with Crippen LogP contribution in [0.2, 0.25) is 0 Å². The van der Waals surface area contributed by atoms with Crippen LogP contribution in [0.1, 0.15) is 71.9 Å². The summed E-state index contributed by atoms with van der Waals surface area (Å²) in [5.41, 5.74) is 31.1. The van der Waals surface area contributed by atoms with Gasteiger partial charge in [0.05, 0.1) is 0 Å². The number of allylic oxidation sites excluding steroid dienone is 16. The first kappa shape index (κ1) is 43.7. The maximum absolute atomic E-state index is 2.62. The van der Waals surface area contributed by atoms with Gasteiger partial charge >= 0.3 is 0 Å². The zero-order chi connectivity index (χ0) is 48.0. The molecule has 5 aliphatic carbocycles. The molecule has 8 aromatic rings. The van der Waals surface area contributed by atoms with Crippen molar-refractivity contribution in [3.63, 3.8) is 0 Å². The van der Waals surface area contributed by atoms with Gasteiger partial charge < -0.3 is 0 Å². The molecule has 344 valence electrons. The van der Waals surface area contributed by atoms with E-state index in [1.165, 1.54) is 128 Å². The van der Waals surface area contributed by atoms with Crippen molar-refractivity contribution in [3.05, 3.63) is 310 Å². The third-order valence-corrected chi connectivity index (χ3v) is 15.9. The highest BCUT2D eigenvalue weighted by Gasteiger charge is 2.38. The van der Waals surface area contributed by atoms with Gasteiger partial charge in [-0.1, -0.05) is 249 Å². The summed E-state index contributed by atoms with van der Waals surface area (Å²) in [5, 5.41) is 0. The molecule has 13 rings (SSSR count). The molecule has 1 fully saturated rings. The summed E-state index contributed by atoms with van der Waals surface area (Å²) < 4.78 is 0. The summed E-state index contributed by atoms with van der Waals surface area (Å²) in [6.07, 6.45) is 26.6. The Morgan fingerprint density at radius 2 is 1.07 bits per heavy atom. The monoisotopic (exact) mass is 920 g/mol. The Hall–Kier alpha value is -8.32. The van der Waals surface area contributed by atoms with E-state index < -0.39 is 0 Å². The minimum absolute atomic E-state index is 0.265. The molecule has 72 heavy (non-hydrogen) atoms. The molecule has 0 radical (unpaired) electrons. The van der Waals surface area contributed by atoms with Crippen LogP contribution in [0.4, 0.5) is 0 Å².